The van der Waals surface area contributed by atoms with E-state index in [2.05, 4.69) is 10.6 Å². The quantitative estimate of drug-likeness (QED) is 0.692. The molecular weight excluding hydrogens is 268 g/mol. The smallest absolute Gasteiger partial charge is 0.329 e. The van der Waals surface area contributed by atoms with Crippen molar-refractivity contribution in [3.05, 3.63) is 0 Å². The van der Waals surface area contributed by atoms with Gasteiger partial charge in [0.2, 0.25) is 5.91 Å². The van der Waals surface area contributed by atoms with Crippen LogP contribution >= 0.6 is 0 Å². The number of carbonyl (C=O) groups excluding carboxylic acids is 1. The minimum absolute atomic E-state index is 0.0892. The Balaban J connectivity index is 1.70. The number of amides is 1. The van der Waals surface area contributed by atoms with Gasteiger partial charge in [-0.3, -0.25) is 4.79 Å². The highest BCUT2D eigenvalue weighted by Gasteiger charge is 2.46. The zero-order chi connectivity index (χ0) is 14.9. The van der Waals surface area contributed by atoms with Gasteiger partial charge in [0.25, 0.3) is 0 Å². The highest BCUT2D eigenvalue weighted by atomic mass is 16.4. The maximum absolute atomic E-state index is 12.6. The summed E-state index contributed by atoms with van der Waals surface area (Å²) in [5.74, 6) is 0.0599. The number of carboxylic acid groups (broad SMARTS) is 1. The van der Waals surface area contributed by atoms with Crippen molar-refractivity contribution in [2.24, 2.45) is 11.8 Å². The molecule has 3 unspecified atom stereocenters. The second-order valence-corrected chi connectivity index (χ2v) is 7.03. The standard InChI is InChI=1S/C16H26N2O3/c19-14(13-12-7-5-6-11(12)10-17-13)18-16(15(20)21)8-3-1-2-4-9-16/h11-13,17H,1-10H2,(H,18,19)(H,20,21). The first-order valence-electron chi connectivity index (χ1n) is 8.41. The molecule has 0 aromatic heterocycles. The van der Waals surface area contributed by atoms with Crippen LogP contribution in [0.2, 0.25) is 0 Å². The van der Waals surface area contributed by atoms with Crippen LogP contribution in [0.15, 0.2) is 0 Å². The molecule has 2 aliphatic carbocycles. The van der Waals surface area contributed by atoms with Crippen molar-refractivity contribution in [2.75, 3.05) is 6.54 Å². The third-order valence-corrected chi connectivity index (χ3v) is 5.76. The van der Waals surface area contributed by atoms with E-state index < -0.39 is 11.5 Å². The summed E-state index contributed by atoms with van der Waals surface area (Å²) in [4.78, 5) is 24.4. The fourth-order valence-electron chi connectivity index (χ4n) is 4.51. The molecule has 3 fully saturated rings. The van der Waals surface area contributed by atoms with Gasteiger partial charge in [0.15, 0.2) is 0 Å². The van der Waals surface area contributed by atoms with E-state index in [1.807, 2.05) is 0 Å². The fraction of sp³-hybridized carbons (Fsp3) is 0.875. The number of aliphatic carboxylic acids is 1. The van der Waals surface area contributed by atoms with E-state index in [0.717, 1.165) is 38.6 Å². The molecule has 118 valence electrons. The van der Waals surface area contributed by atoms with Crippen LogP contribution in [0, 0.1) is 11.8 Å². The number of hydrogen-bond acceptors (Lipinski definition) is 3. The zero-order valence-electron chi connectivity index (χ0n) is 12.6. The van der Waals surface area contributed by atoms with Gasteiger partial charge >= 0.3 is 5.97 Å². The van der Waals surface area contributed by atoms with E-state index in [1.165, 1.54) is 12.8 Å². The lowest BCUT2D eigenvalue weighted by atomic mass is 9.88. The Labute approximate surface area is 125 Å². The molecule has 0 bridgehead atoms. The van der Waals surface area contributed by atoms with Crippen LogP contribution in [0.5, 0.6) is 0 Å². The SMILES string of the molecule is O=C(NC1(C(=O)O)CCCCCC1)C1NCC2CCCC21. The van der Waals surface area contributed by atoms with Crippen LogP contribution in [-0.2, 0) is 9.59 Å². The van der Waals surface area contributed by atoms with E-state index in [9.17, 15) is 14.7 Å². The summed E-state index contributed by atoms with van der Waals surface area (Å²) in [6, 6.07) is -0.183. The van der Waals surface area contributed by atoms with E-state index in [1.54, 1.807) is 0 Å². The number of rotatable bonds is 3. The topological polar surface area (TPSA) is 78.4 Å². The Morgan fingerprint density at radius 3 is 2.43 bits per heavy atom. The molecule has 1 heterocycles. The molecule has 3 aliphatic rings. The van der Waals surface area contributed by atoms with Crippen LogP contribution in [-0.4, -0.2) is 35.1 Å². The maximum Gasteiger partial charge on any atom is 0.329 e. The average molecular weight is 294 g/mol. The first kappa shape index (κ1) is 14.8. The summed E-state index contributed by atoms with van der Waals surface area (Å²) in [5.41, 5.74) is -1.04. The van der Waals surface area contributed by atoms with Crippen molar-refractivity contribution in [3.63, 3.8) is 0 Å². The number of hydrogen-bond donors (Lipinski definition) is 3. The maximum atomic E-state index is 12.6. The fourth-order valence-corrected chi connectivity index (χ4v) is 4.51. The summed E-state index contributed by atoms with van der Waals surface area (Å²) in [5, 5.41) is 15.9. The second-order valence-electron chi connectivity index (χ2n) is 7.03. The van der Waals surface area contributed by atoms with Crippen LogP contribution in [0.25, 0.3) is 0 Å². The zero-order valence-corrected chi connectivity index (χ0v) is 12.6. The van der Waals surface area contributed by atoms with E-state index in [0.29, 0.717) is 24.7 Å². The molecule has 3 N–H and O–H groups in total. The van der Waals surface area contributed by atoms with E-state index in [-0.39, 0.29) is 11.9 Å². The molecule has 0 aromatic carbocycles. The number of nitrogens with one attached hydrogen (secondary N) is 2. The lowest BCUT2D eigenvalue weighted by molar-refractivity contribution is -0.148. The summed E-state index contributed by atoms with van der Waals surface area (Å²) in [6.07, 6.45) is 8.53. The molecule has 5 nitrogen and oxygen atoms in total. The Morgan fingerprint density at radius 1 is 1.05 bits per heavy atom. The number of carboxylic acids is 1. The molecule has 0 spiro atoms. The first-order chi connectivity index (χ1) is 10.1. The van der Waals surface area contributed by atoms with Crippen molar-refractivity contribution >= 4 is 11.9 Å². The Kier molecular flexibility index (Phi) is 4.20. The Hall–Kier alpha value is -1.10. The predicted molar refractivity (Wildman–Crippen MR) is 78.8 cm³/mol. The molecule has 1 saturated heterocycles. The van der Waals surface area contributed by atoms with Gasteiger partial charge in [0.1, 0.15) is 5.54 Å². The third kappa shape index (κ3) is 2.80. The van der Waals surface area contributed by atoms with Crippen molar-refractivity contribution in [1.82, 2.24) is 10.6 Å². The molecule has 5 heteroatoms. The summed E-state index contributed by atoms with van der Waals surface area (Å²) in [6.45, 7) is 0.906. The monoisotopic (exact) mass is 294 g/mol. The van der Waals surface area contributed by atoms with E-state index >= 15 is 0 Å². The third-order valence-electron chi connectivity index (χ3n) is 5.76. The summed E-state index contributed by atoms with van der Waals surface area (Å²) >= 11 is 0. The highest BCUT2D eigenvalue weighted by molar-refractivity contribution is 5.90. The minimum Gasteiger partial charge on any atom is -0.480 e. The molecule has 1 aliphatic heterocycles. The molecule has 0 aromatic rings. The van der Waals surface area contributed by atoms with Gasteiger partial charge in [-0.05, 0) is 44.1 Å². The normalized spacial score (nSPS) is 35.0. The summed E-state index contributed by atoms with van der Waals surface area (Å²) < 4.78 is 0. The summed E-state index contributed by atoms with van der Waals surface area (Å²) in [7, 11) is 0. The number of fused-ring (bicyclic) bond motifs is 1. The van der Waals surface area contributed by atoms with Gasteiger partial charge in [0.05, 0.1) is 6.04 Å². The Morgan fingerprint density at radius 2 is 1.76 bits per heavy atom. The van der Waals surface area contributed by atoms with E-state index in [4.69, 9.17) is 0 Å². The van der Waals surface area contributed by atoms with Gasteiger partial charge < -0.3 is 15.7 Å². The lowest BCUT2D eigenvalue weighted by Crippen LogP contribution is -2.58. The van der Waals surface area contributed by atoms with Crippen molar-refractivity contribution < 1.29 is 14.7 Å². The molecular formula is C16H26N2O3. The molecule has 21 heavy (non-hydrogen) atoms. The lowest BCUT2D eigenvalue weighted by Gasteiger charge is -2.31. The molecule has 0 radical (unpaired) electrons. The van der Waals surface area contributed by atoms with Crippen molar-refractivity contribution in [1.29, 1.82) is 0 Å². The highest BCUT2D eigenvalue weighted by Crippen LogP contribution is 2.38. The molecule has 2 saturated carbocycles. The molecule has 1 amide bonds. The number of carbonyl (C=O) groups is 2. The Bertz CT molecular complexity index is 416. The average Bonchev–Trinajstić information content (AvgIpc) is 2.97. The minimum atomic E-state index is -1.04. The van der Waals surface area contributed by atoms with Crippen molar-refractivity contribution in [3.8, 4) is 0 Å². The van der Waals surface area contributed by atoms with Crippen LogP contribution < -0.4 is 10.6 Å². The predicted octanol–water partition coefficient (Wildman–Crippen LogP) is 1.67. The second kappa shape index (κ2) is 5.95. The van der Waals surface area contributed by atoms with Crippen LogP contribution in [0.4, 0.5) is 0 Å². The van der Waals surface area contributed by atoms with Gasteiger partial charge in [-0.2, -0.15) is 0 Å². The van der Waals surface area contributed by atoms with Gasteiger partial charge in [0, 0.05) is 0 Å². The largest absolute Gasteiger partial charge is 0.480 e. The first-order valence-corrected chi connectivity index (χ1v) is 8.41. The molecule has 3 atom stereocenters. The van der Waals surface area contributed by atoms with Gasteiger partial charge in [-0.25, -0.2) is 4.79 Å². The molecule has 3 rings (SSSR count). The van der Waals surface area contributed by atoms with Crippen LogP contribution in [0.3, 0.4) is 0 Å². The van der Waals surface area contributed by atoms with Crippen LogP contribution in [0.1, 0.15) is 57.8 Å². The van der Waals surface area contributed by atoms with Gasteiger partial charge in [-0.1, -0.05) is 32.1 Å². The van der Waals surface area contributed by atoms with Crippen molar-refractivity contribution in [2.45, 2.75) is 69.4 Å². The van der Waals surface area contributed by atoms with Gasteiger partial charge in [-0.15, -0.1) is 0 Å².